The molecular weight excluding hydrogens is 307 g/mol. The molecule has 0 heterocycles. The summed E-state index contributed by atoms with van der Waals surface area (Å²) in [7, 11) is 0. The van der Waals surface area contributed by atoms with Gasteiger partial charge in [0.2, 0.25) is 0 Å². The number of carbonyl (C=O) groups is 1. The molecule has 1 aromatic rings. The highest BCUT2D eigenvalue weighted by Gasteiger charge is 2.33. The van der Waals surface area contributed by atoms with Gasteiger partial charge in [0.05, 0.1) is 11.3 Å². The van der Waals surface area contributed by atoms with E-state index >= 15 is 0 Å². The van der Waals surface area contributed by atoms with Crippen molar-refractivity contribution < 1.29 is 18.0 Å². The summed E-state index contributed by atoms with van der Waals surface area (Å²) in [6.07, 6.45) is -2.53. The van der Waals surface area contributed by atoms with Crippen molar-refractivity contribution in [3.05, 3.63) is 41.6 Å². The van der Waals surface area contributed by atoms with E-state index in [0.717, 1.165) is 18.6 Å². The Balaban J connectivity index is 2.82. The maximum atomic E-state index is 12.9. The van der Waals surface area contributed by atoms with E-state index in [4.69, 9.17) is 5.26 Å². The van der Waals surface area contributed by atoms with Gasteiger partial charge in [-0.3, -0.25) is 4.79 Å². The predicted molar refractivity (Wildman–Crippen MR) is 81.2 cm³/mol. The van der Waals surface area contributed by atoms with Gasteiger partial charge in [-0.1, -0.05) is 26.0 Å². The average Bonchev–Trinajstić information content (AvgIpc) is 2.46. The molecule has 2 N–H and O–H groups in total. The lowest BCUT2D eigenvalue weighted by atomic mass is 10.1. The van der Waals surface area contributed by atoms with Crippen LogP contribution < -0.4 is 10.6 Å². The van der Waals surface area contributed by atoms with Crippen LogP contribution in [0.2, 0.25) is 0 Å². The minimum absolute atomic E-state index is 0.286. The topological polar surface area (TPSA) is 64.9 Å². The van der Waals surface area contributed by atoms with Crippen LogP contribution in [0.15, 0.2) is 36.0 Å². The average molecular weight is 325 g/mol. The van der Waals surface area contributed by atoms with Crippen LogP contribution in [0.1, 0.15) is 25.8 Å². The van der Waals surface area contributed by atoms with Crippen molar-refractivity contribution in [2.45, 2.75) is 26.4 Å². The summed E-state index contributed by atoms with van der Waals surface area (Å²) < 4.78 is 38.6. The molecule has 7 heteroatoms. The van der Waals surface area contributed by atoms with Crippen LogP contribution in [0, 0.1) is 17.2 Å². The van der Waals surface area contributed by atoms with Gasteiger partial charge in [0.15, 0.2) is 0 Å². The van der Waals surface area contributed by atoms with E-state index in [1.54, 1.807) is 6.07 Å². The molecule has 0 saturated heterocycles. The fraction of sp³-hybridized carbons (Fsp3) is 0.375. The summed E-state index contributed by atoms with van der Waals surface area (Å²) in [5, 5.41) is 13.9. The third-order valence-corrected chi connectivity index (χ3v) is 2.96. The summed E-state index contributed by atoms with van der Waals surface area (Å²) in [5.41, 5.74) is -1.63. The maximum Gasteiger partial charge on any atom is 0.418 e. The number of nitrogens with one attached hydrogen (secondary N) is 2. The Morgan fingerprint density at radius 1 is 1.35 bits per heavy atom. The van der Waals surface area contributed by atoms with Gasteiger partial charge in [0, 0.05) is 12.7 Å². The van der Waals surface area contributed by atoms with Crippen LogP contribution >= 0.6 is 0 Å². The van der Waals surface area contributed by atoms with Crippen LogP contribution in [0.3, 0.4) is 0 Å². The Hall–Kier alpha value is -2.49. The molecule has 124 valence electrons. The number of nitriles is 1. The highest BCUT2D eigenvalue weighted by atomic mass is 19.4. The Morgan fingerprint density at radius 2 is 2.00 bits per heavy atom. The van der Waals surface area contributed by atoms with E-state index in [9.17, 15) is 18.0 Å². The Labute approximate surface area is 133 Å². The summed E-state index contributed by atoms with van der Waals surface area (Å²) in [6, 6.07) is 6.29. The Bertz CT molecular complexity index is 616. The van der Waals surface area contributed by atoms with Crippen LogP contribution in [0.25, 0.3) is 0 Å². The second kappa shape index (κ2) is 8.22. The summed E-state index contributed by atoms with van der Waals surface area (Å²) in [4.78, 5) is 11.9. The van der Waals surface area contributed by atoms with Crippen molar-refractivity contribution in [3.63, 3.8) is 0 Å². The molecule has 1 amide bonds. The minimum atomic E-state index is -4.59. The quantitative estimate of drug-likeness (QED) is 0.476. The van der Waals surface area contributed by atoms with Crippen LogP contribution in [-0.4, -0.2) is 12.5 Å². The normalized spacial score (nSPS) is 12.0. The standard InChI is InChI=1S/C16H18F3N3O/c1-11(2)7-8-21-10-12(9-20)15(23)22-14-6-4-3-5-13(14)16(17,18)19/h3-6,10-11,21H,7-8H2,1-2H3,(H,22,23)/b12-10-. The molecule has 1 aromatic carbocycles. The Morgan fingerprint density at radius 3 is 2.57 bits per heavy atom. The number of rotatable bonds is 6. The molecule has 0 spiro atoms. The highest BCUT2D eigenvalue weighted by Crippen LogP contribution is 2.34. The van der Waals surface area contributed by atoms with Crippen LogP contribution in [-0.2, 0) is 11.0 Å². The van der Waals surface area contributed by atoms with E-state index in [-0.39, 0.29) is 11.3 Å². The number of hydrogen-bond acceptors (Lipinski definition) is 3. The number of nitrogens with zero attached hydrogens (tertiary/aromatic N) is 1. The highest BCUT2D eigenvalue weighted by molar-refractivity contribution is 6.06. The first-order valence-corrected chi connectivity index (χ1v) is 7.07. The van der Waals surface area contributed by atoms with Gasteiger partial charge in [-0.15, -0.1) is 0 Å². The number of halogens is 3. The number of amides is 1. The van der Waals surface area contributed by atoms with Gasteiger partial charge in [0.25, 0.3) is 5.91 Å². The molecule has 23 heavy (non-hydrogen) atoms. The molecule has 0 radical (unpaired) electrons. The number of para-hydroxylation sites is 1. The number of hydrogen-bond donors (Lipinski definition) is 2. The van der Waals surface area contributed by atoms with Crippen molar-refractivity contribution >= 4 is 11.6 Å². The van der Waals surface area contributed by atoms with Crippen molar-refractivity contribution in [2.75, 3.05) is 11.9 Å². The molecule has 0 unspecified atom stereocenters. The van der Waals surface area contributed by atoms with Gasteiger partial charge < -0.3 is 10.6 Å². The first-order chi connectivity index (χ1) is 10.8. The zero-order chi connectivity index (χ0) is 17.5. The van der Waals surface area contributed by atoms with Crippen molar-refractivity contribution in [1.82, 2.24) is 5.32 Å². The fourth-order valence-electron chi connectivity index (χ4n) is 1.72. The van der Waals surface area contributed by atoms with Gasteiger partial charge in [-0.05, 0) is 24.5 Å². The van der Waals surface area contributed by atoms with E-state index in [0.29, 0.717) is 12.5 Å². The second-order valence-electron chi connectivity index (χ2n) is 5.30. The van der Waals surface area contributed by atoms with E-state index in [1.165, 1.54) is 18.3 Å². The third-order valence-electron chi connectivity index (χ3n) is 2.96. The molecule has 0 aliphatic rings. The SMILES string of the molecule is CC(C)CCN/C=C(/C#N)C(=O)Nc1ccccc1C(F)(F)F. The minimum Gasteiger partial charge on any atom is -0.390 e. The number of anilines is 1. The number of benzene rings is 1. The lowest BCUT2D eigenvalue weighted by Crippen LogP contribution is -2.20. The predicted octanol–water partition coefficient (Wildman–Crippen LogP) is 3.69. The zero-order valence-corrected chi connectivity index (χ0v) is 12.9. The molecule has 0 aliphatic carbocycles. The van der Waals surface area contributed by atoms with Gasteiger partial charge in [-0.2, -0.15) is 18.4 Å². The molecule has 0 fully saturated rings. The van der Waals surface area contributed by atoms with Gasteiger partial charge >= 0.3 is 6.18 Å². The van der Waals surface area contributed by atoms with E-state index in [1.807, 2.05) is 13.8 Å². The summed E-state index contributed by atoms with van der Waals surface area (Å²) in [6.45, 7) is 4.62. The van der Waals surface area contributed by atoms with Crippen LogP contribution in [0.4, 0.5) is 18.9 Å². The first kappa shape index (κ1) is 18.6. The largest absolute Gasteiger partial charge is 0.418 e. The maximum absolute atomic E-state index is 12.9. The number of carbonyl (C=O) groups excluding carboxylic acids is 1. The van der Waals surface area contributed by atoms with Gasteiger partial charge in [0.1, 0.15) is 11.6 Å². The molecule has 0 saturated carbocycles. The smallest absolute Gasteiger partial charge is 0.390 e. The molecular formula is C16H18F3N3O. The second-order valence-corrected chi connectivity index (χ2v) is 5.30. The monoisotopic (exact) mass is 325 g/mol. The molecule has 4 nitrogen and oxygen atoms in total. The lowest BCUT2D eigenvalue weighted by Gasteiger charge is -2.13. The zero-order valence-electron chi connectivity index (χ0n) is 12.9. The van der Waals surface area contributed by atoms with Crippen molar-refractivity contribution in [3.8, 4) is 6.07 Å². The van der Waals surface area contributed by atoms with Crippen LogP contribution in [0.5, 0.6) is 0 Å². The third kappa shape index (κ3) is 6.02. The molecule has 0 aliphatic heterocycles. The molecule has 0 bridgehead atoms. The lowest BCUT2D eigenvalue weighted by molar-refractivity contribution is -0.137. The Kier molecular flexibility index (Phi) is 6.64. The summed E-state index contributed by atoms with van der Waals surface area (Å²) >= 11 is 0. The molecule has 0 atom stereocenters. The van der Waals surface area contributed by atoms with Gasteiger partial charge in [-0.25, -0.2) is 0 Å². The van der Waals surface area contributed by atoms with E-state index in [2.05, 4.69) is 10.6 Å². The summed E-state index contributed by atoms with van der Waals surface area (Å²) in [5.74, 6) is -0.435. The van der Waals surface area contributed by atoms with Crippen molar-refractivity contribution in [1.29, 1.82) is 5.26 Å². The van der Waals surface area contributed by atoms with E-state index < -0.39 is 17.6 Å². The fourth-order valence-corrected chi connectivity index (χ4v) is 1.72. The number of alkyl halides is 3. The molecule has 1 rings (SSSR count). The van der Waals surface area contributed by atoms with Crippen molar-refractivity contribution in [2.24, 2.45) is 5.92 Å². The molecule has 0 aromatic heterocycles. The first-order valence-electron chi connectivity index (χ1n) is 7.07.